The minimum absolute atomic E-state index is 0.231. The molecule has 0 saturated carbocycles. The molecule has 2 aromatic carbocycles. The topological polar surface area (TPSA) is 73.6 Å². The van der Waals surface area contributed by atoms with Gasteiger partial charge >= 0.3 is 0 Å². The van der Waals surface area contributed by atoms with E-state index in [1.807, 2.05) is 13.0 Å². The molecule has 0 fully saturated rings. The van der Waals surface area contributed by atoms with E-state index in [0.29, 0.717) is 36.0 Å². The highest BCUT2D eigenvalue weighted by atomic mass is 16.6. The summed E-state index contributed by atoms with van der Waals surface area (Å²) in [6.45, 7) is 2.83. The second-order valence-corrected chi connectivity index (χ2v) is 4.86. The third-order valence-corrected chi connectivity index (χ3v) is 3.31. The zero-order valence-corrected chi connectivity index (χ0v) is 11.7. The van der Waals surface area contributed by atoms with Crippen molar-refractivity contribution in [2.75, 3.05) is 24.3 Å². The molecule has 2 aromatic rings. The Morgan fingerprint density at radius 1 is 1.19 bits per heavy atom. The molecule has 0 aromatic heterocycles. The van der Waals surface area contributed by atoms with Crippen LogP contribution in [-0.4, -0.2) is 19.1 Å². The van der Waals surface area contributed by atoms with Crippen LogP contribution in [0.4, 0.5) is 11.4 Å². The molecule has 3 rings (SSSR count). The Kier molecular flexibility index (Phi) is 3.39. The molecule has 1 heterocycles. The number of aryl methyl sites for hydroxylation is 1. The van der Waals surface area contributed by atoms with E-state index >= 15 is 0 Å². The minimum atomic E-state index is -0.231. The Bertz CT molecular complexity index is 698. The third kappa shape index (κ3) is 2.63. The Hall–Kier alpha value is -2.69. The summed E-state index contributed by atoms with van der Waals surface area (Å²) in [6, 6.07) is 10.6. The molecule has 0 aliphatic carbocycles. The van der Waals surface area contributed by atoms with Crippen LogP contribution in [0.2, 0.25) is 0 Å². The fourth-order valence-corrected chi connectivity index (χ4v) is 2.27. The summed E-state index contributed by atoms with van der Waals surface area (Å²) in [5, 5.41) is 2.87. The van der Waals surface area contributed by atoms with Crippen molar-refractivity contribution < 1.29 is 14.3 Å². The molecule has 0 bridgehead atoms. The van der Waals surface area contributed by atoms with Gasteiger partial charge in [0.1, 0.15) is 13.2 Å². The van der Waals surface area contributed by atoms with Crippen LogP contribution in [0.5, 0.6) is 11.5 Å². The number of nitrogen functional groups attached to an aromatic ring is 1. The van der Waals surface area contributed by atoms with Gasteiger partial charge in [0, 0.05) is 11.4 Å². The van der Waals surface area contributed by atoms with Crippen LogP contribution in [0.1, 0.15) is 15.9 Å². The highest BCUT2D eigenvalue weighted by Crippen LogP contribution is 2.34. The van der Waals surface area contributed by atoms with Crippen LogP contribution in [0.15, 0.2) is 36.4 Å². The van der Waals surface area contributed by atoms with E-state index in [-0.39, 0.29) is 5.91 Å². The SMILES string of the molecule is Cc1cc(N)ccc1NC(=O)c1cccc2c1OCCO2. The van der Waals surface area contributed by atoms with Gasteiger partial charge in [0.15, 0.2) is 11.5 Å². The number of rotatable bonds is 2. The highest BCUT2D eigenvalue weighted by molar-refractivity contribution is 6.07. The van der Waals surface area contributed by atoms with E-state index < -0.39 is 0 Å². The molecule has 108 valence electrons. The van der Waals surface area contributed by atoms with Gasteiger partial charge in [0.25, 0.3) is 5.91 Å². The highest BCUT2D eigenvalue weighted by Gasteiger charge is 2.20. The monoisotopic (exact) mass is 284 g/mol. The molecule has 21 heavy (non-hydrogen) atoms. The number of carbonyl (C=O) groups excluding carboxylic acids is 1. The normalized spacial score (nSPS) is 12.8. The molecule has 5 heteroatoms. The van der Waals surface area contributed by atoms with E-state index in [2.05, 4.69) is 5.32 Å². The quantitative estimate of drug-likeness (QED) is 0.831. The maximum absolute atomic E-state index is 12.4. The van der Waals surface area contributed by atoms with Crippen molar-refractivity contribution in [3.05, 3.63) is 47.5 Å². The largest absolute Gasteiger partial charge is 0.486 e. The first-order valence-electron chi connectivity index (χ1n) is 6.71. The van der Waals surface area contributed by atoms with Crippen molar-refractivity contribution in [2.45, 2.75) is 6.92 Å². The lowest BCUT2D eigenvalue weighted by atomic mass is 10.1. The van der Waals surface area contributed by atoms with Crippen LogP contribution in [0.25, 0.3) is 0 Å². The van der Waals surface area contributed by atoms with Crippen molar-refractivity contribution in [1.29, 1.82) is 0 Å². The van der Waals surface area contributed by atoms with Gasteiger partial charge in [-0.2, -0.15) is 0 Å². The van der Waals surface area contributed by atoms with Gasteiger partial charge in [-0.05, 0) is 42.8 Å². The molecule has 0 unspecified atom stereocenters. The van der Waals surface area contributed by atoms with Gasteiger partial charge in [0.2, 0.25) is 0 Å². The number of nitrogens with two attached hydrogens (primary N) is 1. The summed E-state index contributed by atoms with van der Waals surface area (Å²) in [4.78, 5) is 12.4. The number of hydrogen-bond donors (Lipinski definition) is 2. The Morgan fingerprint density at radius 2 is 2.00 bits per heavy atom. The fraction of sp³-hybridized carbons (Fsp3) is 0.188. The molecule has 3 N–H and O–H groups in total. The van der Waals surface area contributed by atoms with Crippen molar-refractivity contribution in [3.63, 3.8) is 0 Å². The van der Waals surface area contributed by atoms with E-state index in [1.54, 1.807) is 30.3 Å². The van der Waals surface area contributed by atoms with Crippen LogP contribution in [0.3, 0.4) is 0 Å². The maximum atomic E-state index is 12.4. The molecule has 0 atom stereocenters. The molecule has 0 radical (unpaired) electrons. The summed E-state index contributed by atoms with van der Waals surface area (Å²) >= 11 is 0. The van der Waals surface area contributed by atoms with E-state index in [0.717, 1.165) is 11.3 Å². The van der Waals surface area contributed by atoms with Crippen molar-refractivity contribution in [3.8, 4) is 11.5 Å². The summed E-state index contributed by atoms with van der Waals surface area (Å²) in [5.41, 5.74) is 8.47. The first kappa shape index (κ1) is 13.3. The van der Waals surface area contributed by atoms with Crippen molar-refractivity contribution in [2.24, 2.45) is 0 Å². The summed E-state index contributed by atoms with van der Waals surface area (Å²) < 4.78 is 11.0. The van der Waals surface area contributed by atoms with Crippen molar-refractivity contribution >= 4 is 17.3 Å². The van der Waals surface area contributed by atoms with Crippen LogP contribution in [-0.2, 0) is 0 Å². The average Bonchev–Trinajstić information content (AvgIpc) is 2.49. The molecule has 0 saturated heterocycles. The number of benzene rings is 2. The Morgan fingerprint density at radius 3 is 2.81 bits per heavy atom. The molecule has 1 amide bonds. The Balaban J connectivity index is 1.89. The lowest BCUT2D eigenvalue weighted by Crippen LogP contribution is -2.20. The van der Waals surface area contributed by atoms with Crippen LogP contribution in [0, 0.1) is 6.92 Å². The number of anilines is 2. The molecular weight excluding hydrogens is 268 g/mol. The third-order valence-electron chi connectivity index (χ3n) is 3.31. The predicted octanol–water partition coefficient (Wildman–Crippen LogP) is 2.60. The van der Waals surface area contributed by atoms with Crippen molar-refractivity contribution in [1.82, 2.24) is 0 Å². The summed E-state index contributed by atoms with van der Waals surface area (Å²) in [6.07, 6.45) is 0. The number of carbonyl (C=O) groups is 1. The predicted molar refractivity (Wildman–Crippen MR) is 81.0 cm³/mol. The number of nitrogens with one attached hydrogen (secondary N) is 1. The summed E-state index contributed by atoms with van der Waals surface area (Å²) in [7, 11) is 0. The molecule has 0 spiro atoms. The van der Waals surface area contributed by atoms with Crippen LogP contribution < -0.4 is 20.5 Å². The zero-order chi connectivity index (χ0) is 14.8. The first-order valence-corrected chi connectivity index (χ1v) is 6.71. The second-order valence-electron chi connectivity index (χ2n) is 4.86. The van der Waals surface area contributed by atoms with E-state index in [4.69, 9.17) is 15.2 Å². The Labute approximate surface area is 122 Å². The number of amides is 1. The van der Waals surface area contributed by atoms with E-state index in [9.17, 15) is 4.79 Å². The second kappa shape index (κ2) is 5.36. The van der Waals surface area contributed by atoms with Gasteiger partial charge in [-0.1, -0.05) is 6.07 Å². The average molecular weight is 284 g/mol. The smallest absolute Gasteiger partial charge is 0.259 e. The molecule has 1 aliphatic heterocycles. The molecular formula is C16H16N2O3. The number of hydrogen-bond acceptors (Lipinski definition) is 4. The zero-order valence-electron chi connectivity index (χ0n) is 11.7. The van der Waals surface area contributed by atoms with Gasteiger partial charge in [-0.25, -0.2) is 0 Å². The van der Waals surface area contributed by atoms with Gasteiger partial charge in [-0.15, -0.1) is 0 Å². The number of para-hydroxylation sites is 1. The summed E-state index contributed by atoms with van der Waals surface area (Å²) in [5.74, 6) is 0.863. The minimum Gasteiger partial charge on any atom is -0.486 e. The standard InChI is InChI=1S/C16H16N2O3/c1-10-9-11(17)5-6-13(10)18-16(19)12-3-2-4-14-15(12)21-8-7-20-14/h2-6,9H,7-8,17H2,1H3,(H,18,19). The van der Waals surface area contributed by atoms with Crippen LogP contribution >= 0.6 is 0 Å². The first-order chi connectivity index (χ1) is 10.1. The van der Waals surface area contributed by atoms with Gasteiger partial charge < -0.3 is 20.5 Å². The van der Waals surface area contributed by atoms with Gasteiger partial charge in [0.05, 0.1) is 5.56 Å². The van der Waals surface area contributed by atoms with Gasteiger partial charge in [-0.3, -0.25) is 4.79 Å². The van der Waals surface area contributed by atoms with E-state index in [1.165, 1.54) is 0 Å². The number of ether oxygens (including phenoxy) is 2. The lowest BCUT2D eigenvalue weighted by Gasteiger charge is -2.20. The molecule has 5 nitrogen and oxygen atoms in total. The molecule has 1 aliphatic rings. The lowest BCUT2D eigenvalue weighted by molar-refractivity contribution is 0.101. The maximum Gasteiger partial charge on any atom is 0.259 e. The fourth-order valence-electron chi connectivity index (χ4n) is 2.27. The number of fused-ring (bicyclic) bond motifs is 1.